The molecule has 0 aromatic rings. The summed E-state index contributed by atoms with van der Waals surface area (Å²) in [5.74, 6) is -0.581. The van der Waals surface area contributed by atoms with Gasteiger partial charge in [0.15, 0.2) is 6.29 Å². The highest BCUT2D eigenvalue weighted by Crippen LogP contribution is 2.36. The molecule has 0 fully saturated rings. The van der Waals surface area contributed by atoms with E-state index in [2.05, 4.69) is 0 Å². The van der Waals surface area contributed by atoms with Crippen LogP contribution in [0.15, 0.2) is 0 Å². The minimum absolute atomic E-state index is 0.0953. The van der Waals surface area contributed by atoms with Crippen molar-refractivity contribution in [2.75, 3.05) is 6.61 Å². The van der Waals surface area contributed by atoms with Crippen molar-refractivity contribution in [1.29, 1.82) is 0 Å². The van der Waals surface area contributed by atoms with Crippen LogP contribution in [-0.4, -0.2) is 51.1 Å². The number of aliphatic hydroxyl groups excluding tert-OH is 4. The topological polar surface area (TPSA) is 90.2 Å². The lowest BCUT2D eigenvalue weighted by Crippen LogP contribution is -2.50. The summed E-state index contributed by atoms with van der Waals surface area (Å²) < 4.78 is 5.28. The molecular weight excluding hydrogens is 260 g/mol. The minimum Gasteiger partial charge on any atom is -0.396 e. The van der Waals surface area contributed by atoms with Crippen molar-refractivity contribution >= 4 is 0 Å². The molecule has 0 aromatic heterocycles. The molecule has 0 radical (unpaired) electrons. The van der Waals surface area contributed by atoms with Gasteiger partial charge in [-0.2, -0.15) is 0 Å². The molecule has 0 aliphatic carbocycles. The number of hydrogen-bond donors (Lipinski definition) is 4. The molecule has 122 valence electrons. The second-order valence-corrected chi connectivity index (χ2v) is 7.65. The predicted octanol–water partition coefficient (Wildman–Crippen LogP) is 1.13. The zero-order valence-corrected chi connectivity index (χ0v) is 13.8. The summed E-state index contributed by atoms with van der Waals surface area (Å²) >= 11 is 0. The van der Waals surface area contributed by atoms with E-state index in [-0.39, 0.29) is 23.9 Å². The average Bonchev–Trinajstić information content (AvgIpc) is 2.23. The third-order valence-corrected chi connectivity index (χ3v) is 3.39. The van der Waals surface area contributed by atoms with Crippen LogP contribution >= 0.6 is 0 Å². The van der Waals surface area contributed by atoms with Crippen LogP contribution in [0.2, 0.25) is 0 Å². The molecule has 0 aliphatic heterocycles. The van der Waals surface area contributed by atoms with Crippen molar-refractivity contribution in [2.24, 2.45) is 17.3 Å². The third kappa shape index (κ3) is 6.06. The number of rotatable bonds is 6. The Labute approximate surface area is 122 Å². The highest BCUT2D eigenvalue weighted by atomic mass is 16.6. The first-order valence-electron chi connectivity index (χ1n) is 7.14. The van der Waals surface area contributed by atoms with E-state index in [0.29, 0.717) is 0 Å². The number of aliphatic hydroxyl groups is 4. The molecule has 0 saturated heterocycles. The van der Waals surface area contributed by atoms with Gasteiger partial charge in [-0.05, 0) is 38.0 Å². The maximum Gasteiger partial charge on any atom is 0.184 e. The van der Waals surface area contributed by atoms with Crippen LogP contribution < -0.4 is 0 Å². The largest absolute Gasteiger partial charge is 0.396 e. The molecule has 5 nitrogen and oxygen atoms in total. The van der Waals surface area contributed by atoms with Crippen molar-refractivity contribution in [2.45, 2.75) is 72.6 Å². The first-order valence-corrected chi connectivity index (χ1v) is 7.14. The first-order chi connectivity index (χ1) is 8.81. The van der Waals surface area contributed by atoms with Crippen LogP contribution in [0.1, 0.15) is 48.5 Å². The second-order valence-electron chi connectivity index (χ2n) is 7.65. The lowest BCUT2D eigenvalue weighted by atomic mass is 9.69. The first kappa shape index (κ1) is 19.8. The molecule has 0 bridgehead atoms. The Morgan fingerprint density at radius 1 is 0.900 bits per heavy atom. The van der Waals surface area contributed by atoms with Gasteiger partial charge in [0.25, 0.3) is 0 Å². The predicted molar refractivity (Wildman–Crippen MR) is 78.1 cm³/mol. The summed E-state index contributed by atoms with van der Waals surface area (Å²) in [6, 6.07) is 0. The van der Waals surface area contributed by atoms with Crippen molar-refractivity contribution in [3.63, 3.8) is 0 Å². The van der Waals surface area contributed by atoms with Gasteiger partial charge in [-0.25, -0.2) is 0 Å². The van der Waals surface area contributed by atoms with Crippen LogP contribution in [0.5, 0.6) is 0 Å². The van der Waals surface area contributed by atoms with Crippen LogP contribution in [0, 0.1) is 17.3 Å². The van der Waals surface area contributed by atoms with E-state index in [1.54, 1.807) is 20.8 Å². The van der Waals surface area contributed by atoms with Gasteiger partial charge in [0.05, 0.1) is 11.7 Å². The van der Waals surface area contributed by atoms with E-state index in [1.807, 2.05) is 27.7 Å². The Hall–Kier alpha value is -0.200. The lowest BCUT2D eigenvalue weighted by molar-refractivity contribution is -0.239. The maximum atomic E-state index is 10.4. The Kier molecular flexibility index (Phi) is 7.11. The molecule has 4 N–H and O–H groups in total. The van der Waals surface area contributed by atoms with Crippen molar-refractivity contribution in [3.8, 4) is 0 Å². The maximum absolute atomic E-state index is 10.4. The van der Waals surface area contributed by atoms with Gasteiger partial charge in [-0.3, -0.25) is 0 Å². The molecule has 0 heterocycles. The Morgan fingerprint density at radius 2 is 1.35 bits per heavy atom. The van der Waals surface area contributed by atoms with E-state index in [1.165, 1.54) is 0 Å². The molecule has 0 amide bonds. The number of hydrogen-bond acceptors (Lipinski definition) is 5. The molecule has 0 spiro atoms. The Balaban J connectivity index is 5.02. The summed E-state index contributed by atoms with van der Waals surface area (Å²) in [7, 11) is 0. The van der Waals surface area contributed by atoms with Crippen molar-refractivity contribution < 1.29 is 25.2 Å². The fourth-order valence-corrected chi connectivity index (χ4v) is 2.63. The van der Waals surface area contributed by atoms with Gasteiger partial charge in [0.2, 0.25) is 0 Å². The summed E-state index contributed by atoms with van der Waals surface area (Å²) in [5.41, 5.74) is -0.954. The molecule has 0 saturated carbocycles. The SMILES string of the molecule is CC(CO)C(C(O)C(O)C(O)OC(C)(C)C)C(C)(C)C. The molecule has 5 atom stereocenters. The van der Waals surface area contributed by atoms with Crippen LogP contribution in [0.3, 0.4) is 0 Å². The molecule has 0 aromatic carbocycles. The fraction of sp³-hybridized carbons (Fsp3) is 1.00. The van der Waals surface area contributed by atoms with Crippen molar-refractivity contribution in [1.82, 2.24) is 0 Å². The van der Waals surface area contributed by atoms with Crippen LogP contribution in [0.25, 0.3) is 0 Å². The van der Waals surface area contributed by atoms with E-state index in [4.69, 9.17) is 4.74 Å². The van der Waals surface area contributed by atoms with Crippen LogP contribution in [-0.2, 0) is 4.74 Å². The van der Waals surface area contributed by atoms with E-state index in [0.717, 1.165) is 0 Å². The highest BCUT2D eigenvalue weighted by molar-refractivity contribution is 4.88. The summed E-state index contributed by atoms with van der Waals surface area (Å²) in [5, 5.41) is 39.7. The van der Waals surface area contributed by atoms with Gasteiger partial charge >= 0.3 is 0 Å². The fourth-order valence-electron chi connectivity index (χ4n) is 2.63. The quantitative estimate of drug-likeness (QED) is 0.551. The molecule has 5 heteroatoms. The lowest BCUT2D eigenvalue weighted by Gasteiger charge is -2.41. The molecule has 0 aliphatic rings. The van der Waals surface area contributed by atoms with Gasteiger partial charge in [-0.15, -0.1) is 0 Å². The summed E-state index contributed by atoms with van der Waals surface area (Å²) in [6.45, 7) is 12.8. The standard InChI is InChI=1S/C15H32O5/c1-9(8-16)10(14(2,3)4)11(17)12(18)13(19)20-15(5,6)7/h9-13,16-19H,8H2,1-7H3. The van der Waals surface area contributed by atoms with E-state index >= 15 is 0 Å². The van der Waals surface area contributed by atoms with Gasteiger partial charge in [0.1, 0.15) is 6.10 Å². The number of ether oxygens (including phenoxy) is 1. The second kappa shape index (κ2) is 7.18. The monoisotopic (exact) mass is 292 g/mol. The Bertz CT molecular complexity index is 279. The average molecular weight is 292 g/mol. The van der Waals surface area contributed by atoms with Gasteiger partial charge in [-0.1, -0.05) is 27.7 Å². The Morgan fingerprint density at radius 3 is 1.65 bits per heavy atom. The molecular formula is C15H32O5. The zero-order valence-electron chi connectivity index (χ0n) is 13.8. The zero-order chi connectivity index (χ0) is 16.3. The summed E-state index contributed by atoms with van der Waals surface area (Å²) in [6.07, 6.45) is -4.08. The van der Waals surface area contributed by atoms with Crippen molar-refractivity contribution in [3.05, 3.63) is 0 Å². The van der Waals surface area contributed by atoms with E-state index < -0.39 is 24.1 Å². The minimum atomic E-state index is -1.47. The highest BCUT2D eigenvalue weighted by Gasteiger charge is 2.41. The van der Waals surface area contributed by atoms with Crippen LogP contribution in [0.4, 0.5) is 0 Å². The molecule has 5 unspecified atom stereocenters. The van der Waals surface area contributed by atoms with E-state index in [9.17, 15) is 20.4 Å². The van der Waals surface area contributed by atoms with Gasteiger partial charge < -0.3 is 25.2 Å². The molecule has 0 rings (SSSR count). The molecule has 20 heavy (non-hydrogen) atoms. The normalized spacial score (nSPS) is 21.1. The third-order valence-electron chi connectivity index (χ3n) is 3.39. The smallest absolute Gasteiger partial charge is 0.184 e. The van der Waals surface area contributed by atoms with Gasteiger partial charge in [0, 0.05) is 6.61 Å². The summed E-state index contributed by atoms with van der Waals surface area (Å²) in [4.78, 5) is 0.